The molecular weight excluding hydrogens is 238 g/mol. The number of hydrogen-bond donors (Lipinski definition) is 1. The highest BCUT2D eigenvalue weighted by atomic mass is 19.4. The summed E-state index contributed by atoms with van der Waals surface area (Å²) in [5.41, 5.74) is 1.85. The third-order valence-corrected chi connectivity index (χ3v) is 2.48. The SMILES string of the molecule is Cc1cc(C(=O)C(C)(N)C(F)(F)F)ccc1F. The Labute approximate surface area is 95.4 Å². The van der Waals surface area contributed by atoms with Gasteiger partial charge in [-0.1, -0.05) is 0 Å². The fourth-order valence-corrected chi connectivity index (χ4v) is 1.21. The fraction of sp³-hybridized carbons (Fsp3) is 0.364. The second-order valence-electron chi connectivity index (χ2n) is 3.99. The Hall–Kier alpha value is -1.43. The average Bonchev–Trinajstić information content (AvgIpc) is 2.19. The Morgan fingerprint density at radius 1 is 1.29 bits per heavy atom. The third kappa shape index (κ3) is 2.46. The van der Waals surface area contributed by atoms with Gasteiger partial charge in [0.05, 0.1) is 0 Å². The zero-order chi connectivity index (χ0) is 13.4. The van der Waals surface area contributed by atoms with Gasteiger partial charge in [0.1, 0.15) is 5.82 Å². The van der Waals surface area contributed by atoms with E-state index in [1.807, 2.05) is 0 Å². The molecule has 0 aliphatic rings. The Bertz CT molecular complexity index is 451. The van der Waals surface area contributed by atoms with E-state index in [0.29, 0.717) is 6.92 Å². The fourth-order valence-electron chi connectivity index (χ4n) is 1.21. The van der Waals surface area contributed by atoms with Gasteiger partial charge in [-0.15, -0.1) is 0 Å². The number of rotatable bonds is 2. The molecule has 1 aromatic rings. The van der Waals surface area contributed by atoms with Crippen LogP contribution in [0.3, 0.4) is 0 Å². The number of alkyl halides is 3. The van der Waals surface area contributed by atoms with Crippen LogP contribution in [0.4, 0.5) is 17.6 Å². The van der Waals surface area contributed by atoms with E-state index >= 15 is 0 Å². The van der Waals surface area contributed by atoms with Crippen molar-refractivity contribution in [3.63, 3.8) is 0 Å². The Morgan fingerprint density at radius 2 is 1.82 bits per heavy atom. The van der Waals surface area contributed by atoms with E-state index in [2.05, 4.69) is 0 Å². The molecule has 17 heavy (non-hydrogen) atoms. The summed E-state index contributed by atoms with van der Waals surface area (Å²) in [5, 5.41) is 0. The number of hydrogen-bond acceptors (Lipinski definition) is 2. The number of ketones is 1. The van der Waals surface area contributed by atoms with Crippen molar-refractivity contribution < 1.29 is 22.4 Å². The van der Waals surface area contributed by atoms with Crippen molar-refractivity contribution in [1.82, 2.24) is 0 Å². The average molecular weight is 249 g/mol. The summed E-state index contributed by atoms with van der Waals surface area (Å²) in [4.78, 5) is 11.6. The van der Waals surface area contributed by atoms with Crippen molar-refractivity contribution in [2.24, 2.45) is 5.73 Å². The molecule has 0 bridgehead atoms. The van der Waals surface area contributed by atoms with Crippen LogP contribution >= 0.6 is 0 Å². The Kier molecular flexibility index (Phi) is 3.29. The smallest absolute Gasteiger partial charge is 0.311 e. The van der Waals surface area contributed by atoms with Gasteiger partial charge in [0.2, 0.25) is 0 Å². The van der Waals surface area contributed by atoms with E-state index in [1.165, 1.54) is 6.92 Å². The molecule has 2 N–H and O–H groups in total. The van der Waals surface area contributed by atoms with Crippen LogP contribution in [0.5, 0.6) is 0 Å². The van der Waals surface area contributed by atoms with Gasteiger partial charge >= 0.3 is 6.18 Å². The lowest BCUT2D eigenvalue weighted by atomic mass is 9.91. The minimum absolute atomic E-state index is 0.0915. The van der Waals surface area contributed by atoms with Crippen molar-refractivity contribution >= 4 is 5.78 Å². The molecule has 1 atom stereocenters. The second kappa shape index (κ2) is 4.10. The zero-order valence-electron chi connectivity index (χ0n) is 9.23. The van der Waals surface area contributed by atoms with Crippen LogP contribution in [0.15, 0.2) is 18.2 Å². The quantitative estimate of drug-likeness (QED) is 0.646. The molecule has 1 rings (SSSR count). The van der Waals surface area contributed by atoms with Crippen LogP contribution in [0.25, 0.3) is 0 Å². The summed E-state index contributed by atoms with van der Waals surface area (Å²) >= 11 is 0. The highest BCUT2D eigenvalue weighted by molar-refractivity contribution is 6.03. The zero-order valence-corrected chi connectivity index (χ0v) is 9.23. The van der Waals surface area contributed by atoms with Crippen molar-refractivity contribution in [1.29, 1.82) is 0 Å². The van der Waals surface area contributed by atoms with E-state index < -0.39 is 23.3 Å². The minimum atomic E-state index is -4.85. The molecule has 94 valence electrons. The topological polar surface area (TPSA) is 43.1 Å². The summed E-state index contributed by atoms with van der Waals surface area (Å²) in [7, 11) is 0. The first kappa shape index (κ1) is 13.6. The first-order valence-electron chi connectivity index (χ1n) is 4.74. The molecular formula is C11H11F4NO. The minimum Gasteiger partial charge on any atom is -0.311 e. The summed E-state index contributed by atoms with van der Waals surface area (Å²) in [6, 6.07) is 2.98. The van der Waals surface area contributed by atoms with Gasteiger partial charge < -0.3 is 5.73 Å². The van der Waals surface area contributed by atoms with Crippen LogP contribution in [0, 0.1) is 12.7 Å². The molecule has 0 saturated heterocycles. The van der Waals surface area contributed by atoms with E-state index in [0.717, 1.165) is 18.2 Å². The standard InChI is InChI=1S/C11H11F4NO/c1-6-5-7(3-4-8(6)12)9(17)10(2,16)11(13,14)15/h3-5H,16H2,1-2H3. The summed E-state index contributed by atoms with van der Waals surface area (Å²) in [5.74, 6) is -1.87. The first-order valence-corrected chi connectivity index (χ1v) is 4.74. The van der Waals surface area contributed by atoms with E-state index in [4.69, 9.17) is 5.73 Å². The van der Waals surface area contributed by atoms with Crippen LogP contribution in [-0.4, -0.2) is 17.5 Å². The van der Waals surface area contributed by atoms with Gasteiger partial charge in [-0.25, -0.2) is 4.39 Å². The molecule has 2 nitrogen and oxygen atoms in total. The second-order valence-corrected chi connectivity index (χ2v) is 3.99. The number of benzene rings is 1. The van der Waals surface area contributed by atoms with Crippen LogP contribution in [0.2, 0.25) is 0 Å². The molecule has 0 amide bonds. The lowest BCUT2D eigenvalue weighted by molar-refractivity contribution is -0.165. The van der Waals surface area contributed by atoms with Gasteiger partial charge in [0.15, 0.2) is 11.3 Å². The number of aryl methyl sites for hydroxylation is 1. The van der Waals surface area contributed by atoms with E-state index in [-0.39, 0.29) is 11.1 Å². The van der Waals surface area contributed by atoms with Gasteiger partial charge in [-0.3, -0.25) is 4.79 Å². The van der Waals surface area contributed by atoms with E-state index in [9.17, 15) is 22.4 Å². The first-order chi connectivity index (χ1) is 7.57. The van der Waals surface area contributed by atoms with Crippen molar-refractivity contribution in [3.8, 4) is 0 Å². The molecule has 0 spiro atoms. The normalized spacial score (nSPS) is 15.5. The lowest BCUT2D eigenvalue weighted by Gasteiger charge is -2.26. The van der Waals surface area contributed by atoms with E-state index in [1.54, 1.807) is 0 Å². The number of carbonyl (C=O) groups excluding carboxylic acids is 1. The summed E-state index contributed by atoms with van der Waals surface area (Å²) in [6.45, 7) is 1.95. The summed E-state index contributed by atoms with van der Waals surface area (Å²) < 4.78 is 50.5. The largest absolute Gasteiger partial charge is 0.413 e. The molecule has 1 aromatic carbocycles. The Balaban J connectivity index is 3.17. The molecule has 0 aliphatic heterocycles. The number of nitrogens with two attached hydrogens (primary N) is 1. The number of halogens is 4. The van der Waals surface area contributed by atoms with Gasteiger partial charge in [0.25, 0.3) is 0 Å². The molecule has 0 saturated carbocycles. The predicted molar refractivity (Wildman–Crippen MR) is 54.1 cm³/mol. The number of Topliss-reactive ketones (excluding diaryl/α,β-unsaturated/α-hetero) is 1. The summed E-state index contributed by atoms with van der Waals surface area (Å²) in [6.07, 6.45) is -4.85. The number of carbonyl (C=O) groups is 1. The van der Waals surface area contributed by atoms with Gasteiger partial charge in [0, 0.05) is 5.56 Å². The molecule has 6 heteroatoms. The van der Waals surface area contributed by atoms with Crippen LogP contribution < -0.4 is 5.73 Å². The maximum Gasteiger partial charge on any atom is 0.413 e. The highest BCUT2D eigenvalue weighted by Crippen LogP contribution is 2.31. The predicted octanol–water partition coefficient (Wildman–Crippen LogP) is 2.60. The van der Waals surface area contributed by atoms with Crippen molar-refractivity contribution in [2.45, 2.75) is 25.6 Å². The molecule has 1 unspecified atom stereocenters. The van der Waals surface area contributed by atoms with Crippen molar-refractivity contribution in [2.75, 3.05) is 0 Å². The molecule has 0 heterocycles. The van der Waals surface area contributed by atoms with Crippen LogP contribution in [-0.2, 0) is 0 Å². The third-order valence-electron chi connectivity index (χ3n) is 2.48. The molecule has 0 aromatic heterocycles. The monoisotopic (exact) mass is 249 g/mol. The Morgan fingerprint density at radius 3 is 2.24 bits per heavy atom. The maximum atomic E-state index is 12.9. The van der Waals surface area contributed by atoms with Crippen LogP contribution in [0.1, 0.15) is 22.8 Å². The molecule has 0 radical (unpaired) electrons. The van der Waals surface area contributed by atoms with Crippen molar-refractivity contribution in [3.05, 3.63) is 35.1 Å². The highest BCUT2D eigenvalue weighted by Gasteiger charge is 2.53. The molecule has 0 aliphatic carbocycles. The maximum absolute atomic E-state index is 12.9. The van der Waals surface area contributed by atoms with Gasteiger partial charge in [-0.2, -0.15) is 13.2 Å². The van der Waals surface area contributed by atoms with Gasteiger partial charge in [-0.05, 0) is 37.6 Å². The lowest BCUT2D eigenvalue weighted by Crippen LogP contribution is -2.57. The molecule has 0 fully saturated rings.